The molecule has 1 aliphatic carbocycles. The molecule has 0 aromatic heterocycles. The van der Waals surface area contributed by atoms with Crippen molar-refractivity contribution < 1.29 is 24.2 Å². The van der Waals surface area contributed by atoms with E-state index < -0.39 is 23.6 Å². The zero-order valence-electron chi connectivity index (χ0n) is 18.3. The van der Waals surface area contributed by atoms with Gasteiger partial charge in [-0.25, -0.2) is 9.59 Å². The number of likely N-dealkylation sites (tertiary alicyclic amines) is 1. The van der Waals surface area contributed by atoms with Gasteiger partial charge >= 0.3 is 12.1 Å². The smallest absolute Gasteiger partial charge is 0.407 e. The van der Waals surface area contributed by atoms with Crippen molar-refractivity contribution in [3.8, 4) is 11.1 Å². The van der Waals surface area contributed by atoms with Crippen LogP contribution in [0, 0.1) is 0 Å². The number of nitrogens with one attached hydrogen (secondary N) is 1. The van der Waals surface area contributed by atoms with Crippen molar-refractivity contribution in [3.63, 3.8) is 0 Å². The minimum atomic E-state index is -1.24. The third kappa shape index (κ3) is 3.72. The fourth-order valence-corrected chi connectivity index (χ4v) is 4.85. The summed E-state index contributed by atoms with van der Waals surface area (Å²) in [6.45, 7) is 3.85. The number of ether oxygens (including phenoxy) is 1. The molecule has 0 bridgehead atoms. The molecule has 4 rings (SSSR count). The van der Waals surface area contributed by atoms with Crippen LogP contribution in [-0.2, 0) is 14.3 Å². The highest BCUT2D eigenvalue weighted by Crippen LogP contribution is 2.44. The summed E-state index contributed by atoms with van der Waals surface area (Å²) >= 11 is 0. The second-order valence-electron chi connectivity index (χ2n) is 8.60. The molecule has 0 spiro atoms. The Bertz CT molecular complexity index is 1010. The Morgan fingerprint density at radius 1 is 1.12 bits per heavy atom. The van der Waals surface area contributed by atoms with Crippen LogP contribution in [-0.4, -0.2) is 52.7 Å². The average Bonchev–Trinajstić information content (AvgIpc) is 3.35. The summed E-state index contributed by atoms with van der Waals surface area (Å²) in [4.78, 5) is 38.7. The number of aliphatic carboxylic acids is 1. The Labute approximate surface area is 187 Å². The number of hydrogen-bond donors (Lipinski definition) is 2. The molecule has 2 aliphatic rings. The molecule has 32 heavy (non-hydrogen) atoms. The third-order valence-corrected chi connectivity index (χ3v) is 6.71. The number of fused-ring (bicyclic) bond motifs is 3. The maximum Gasteiger partial charge on any atom is 0.407 e. The maximum atomic E-state index is 13.0. The summed E-state index contributed by atoms with van der Waals surface area (Å²) in [6.07, 6.45) is 0.684. The molecule has 0 radical (unpaired) electrons. The predicted molar refractivity (Wildman–Crippen MR) is 119 cm³/mol. The van der Waals surface area contributed by atoms with Gasteiger partial charge in [-0.3, -0.25) is 4.79 Å². The van der Waals surface area contributed by atoms with Gasteiger partial charge in [0.2, 0.25) is 5.91 Å². The van der Waals surface area contributed by atoms with E-state index in [0.717, 1.165) is 22.3 Å². The van der Waals surface area contributed by atoms with E-state index >= 15 is 0 Å². The highest BCUT2D eigenvalue weighted by molar-refractivity contribution is 5.91. The van der Waals surface area contributed by atoms with Crippen molar-refractivity contribution in [2.24, 2.45) is 0 Å². The SMILES string of the molecule is CC[C@@H](NC(=O)OCC1c2ccccc2-c2ccccc21)C(=O)N1CCCC1(C)C(=O)O. The van der Waals surface area contributed by atoms with E-state index in [1.165, 1.54) is 4.90 Å². The van der Waals surface area contributed by atoms with Crippen LogP contribution >= 0.6 is 0 Å². The van der Waals surface area contributed by atoms with Gasteiger partial charge in [-0.1, -0.05) is 55.5 Å². The molecule has 2 N–H and O–H groups in total. The van der Waals surface area contributed by atoms with Crippen LogP contribution in [0.3, 0.4) is 0 Å². The van der Waals surface area contributed by atoms with Gasteiger partial charge in [0.05, 0.1) is 0 Å². The summed E-state index contributed by atoms with van der Waals surface area (Å²) in [5, 5.41) is 12.2. The first-order valence-electron chi connectivity index (χ1n) is 11.0. The van der Waals surface area contributed by atoms with E-state index in [4.69, 9.17) is 4.74 Å². The molecule has 1 unspecified atom stereocenters. The summed E-state index contributed by atoms with van der Waals surface area (Å²) in [5.74, 6) is -1.49. The lowest BCUT2D eigenvalue weighted by atomic mass is 9.98. The third-order valence-electron chi connectivity index (χ3n) is 6.71. The maximum absolute atomic E-state index is 13.0. The number of carbonyl (C=O) groups is 3. The van der Waals surface area contributed by atoms with E-state index in [1.54, 1.807) is 13.8 Å². The standard InChI is InChI=1S/C25H28N2O5/c1-3-21(22(28)27-14-8-13-25(27,2)23(29)30)26-24(31)32-15-20-18-11-6-4-9-16(18)17-10-5-7-12-19(17)20/h4-7,9-12,20-21H,3,8,13-15H2,1-2H3,(H,26,31)(H,29,30)/t21-,25?/m1/s1. The first-order chi connectivity index (χ1) is 15.4. The van der Waals surface area contributed by atoms with Gasteiger partial charge in [0.1, 0.15) is 18.2 Å². The highest BCUT2D eigenvalue weighted by Gasteiger charge is 2.47. The van der Waals surface area contributed by atoms with E-state index in [0.29, 0.717) is 25.8 Å². The van der Waals surface area contributed by atoms with Crippen LogP contribution in [0.15, 0.2) is 48.5 Å². The molecular formula is C25H28N2O5. The van der Waals surface area contributed by atoms with Crippen molar-refractivity contribution in [1.29, 1.82) is 0 Å². The molecule has 7 heteroatoms. The number of hydrogen-bond acceptors (Lipinski definition) is 4. The topological polar surface area (TPSA) is 95.9 Å². The normalized spacial score (nSPS) is 20.4. The van der Waals surface area contributed by atoms with Gasteiger partial charge < -0.3 is 20.1 Å². The predicted octanol–water partition coefficient (Wildman–Crippen LogP) is 3.77. The van der Waals surface area contributed by atoms with Gasteiger partial charge in [-0.2, -0.15) is 0 Å². The Morgan fingerprint density at radius 2 is 1.72 bits per heavy atom. The molecule has 0 saturated carbocycles. The van der Waals surface area contributed by atoms with E-state index in [2.05, 4.69) is 17.4 Å². The van der Waals surface area contributed by atoms with Crippen LogP contribution in [0.25, 0.3) is 11.1 Å². The van der Waals surface area contributed by atoms with E-state index in [9.17, 15) is 19.5 Å². The second-order valence-corrected chi connectivity index (χ2v) is 8.60. The van der Waals surface area contributed by atoms with Gasteiger partial charge in [-0.05, 0) is 48.4 Å². The Kier molecular flexibility index (Phi) is 5.91. The van der Waals surface area contributed by atoms with Crippen molar-refractivity contribution in [3.05, 3.63) is 59.7 Å². The van der Waals surface area contributed by atoms with Crippen molar-refractivity contribution in [1.82, 2.24) is 10.2 Å². The number of benzene rings is 2. The second kappa shape index (κ2) is 8.65. The molecule has 1 saturated heterocycles. The molecule has 1 fully saturated rings. The Hall–Kier alpha value is -3.35. The molecule has 2 aromatic carbocycles. The van der Waals surface area contributed by atoms with Gasteiger partial charge in [-0.15, -0.1) is 0 Å². The van der Waals surface area contributed by atoms with Crippen molar-refractivity contribution >= 4 is 18.0 Å². The fourth-order valence-electron chi connectivity index (χ4n) is 4.85. The van der Waals surface area contributed by atoms with Crippen LogP contribution in [0.2, 0.25) is 0 Å². The Morgan fingerprint density at radius 3 is 2.28 bits per heavy atom. The molecular weight excluding hydrogens is 408 g/mol. The lowest BCUT2D eigenvalue weighted by Gasteiger charge is -2.33. The zero-order chi connectivity index (χ0) is 22.9. The first kappa shape index (κ1) is 21.9. The highest BCUT2D eigenvalue weighted by atomic mass is 16.5. The molecule has 7 nitrogen and oxygen atoms in total. The quantitative estimate of drug-likeness (QED) is 0.719. The zero-order valence-corrected chi connectivity index (χ0v) is 18.3. The van der Waals surface area contributed by atoms with Crippen LogP contribution in [0.5, 0.6) is 0 Å². The number of carbonyl (C=O) groups excluding carboxylic acids is 2. The largest absolute Gasteiger partial charge is 0.480 e. The van der Waals surface area contributed by atoms with Gasteiger partial charge in [0, 0.05) is 12.5 Å². The lowest BCUT2D eigenvalue weighted by molar-refractivity contribution is -0.156. The van der Waals surface area contributed by atoms with E-state index in [1.807, 2.05) is 36.4 Å². The average molecular weight is 437 g/mol. The molecule has 2 aromatic rings. The number of carboxylic acids is 1. The molecule has 2 amide bonds. The first-order valence-corrected chi connectivity index (χ1v) is 11.0. The van der Waals surface area contributed by atoms with E-state index in [-0.39, 0.29) is 18.4 Å². The van der Waals surface area contributed by atoms with Gasteiger partial charge in [0.15, 0.2) is 0 Å². The summed E-state index contributed by atoms with van der Waals surface area (Å²) in [6, 6.07) is 15.3. The van der Waals surface area contributed by atoms with Crippen molar-refractivity contribution in [2.75, 3.05) is 13.2 Å². The van der Waals surface area contributed by atoms with Gasteiger partial charge in [0.25, 0.3) is 0 Å². The van der Waals surface area contributed by atoms with Crippen LogP contribution in [0.1, 0.15) is 50.2 Å². The number of alkyl carbamates (subject to hydrolysis) is 1. The Balaban J connectivity index is 1.43. The van der Waals surface area contributed by atoms with Crippen LogP contribution < -0.4 is 5.32 Å². The summed E-state index contributed by atoms with van der Waals surface area (Å²) in [7, 11) is 0. The minimum Gasteiger partial charge on any atom is -0.480 e. The number of amides is 2. The molecule has 1 heterocycles. The molecule has 168 valence electrons. The monoisotopic (exact) mass is 436 g/mol. The number of carboxylic acid groups (broad SMARTS) is 1. The lowest BCUT2D eigenvalue weighted by Crippen LogP contribution is -2.57. The number of nitrogens with zero attached hydrogens (tertiary/aromatic N) is 1. The number of rotatable bonds is 6. The minimum absolute atomic E-state index is 0.0715. The van der Waals surface area contributed by atoms with Crippen LogP contribution in [0.4, 0.5) is 4.79 Å². The fraction of sp³-hybridized carbons (Fsp3) is 0.400. The molecule has 1 aliphatic heterocycles. The van der Waals surface area contributed by atoms with Crippen molar-refractivity contribution in [2.45, 2.75) is 50.6 Å². The summed E-state index contributed by atoms with van der Waals surface area (Å²) in [5.41, 5.74) is 3.26. The molecule has 2 atom stereocenters. The summed E-state index contributed by atoms with van der Waals surface area (Å²) < 4.78 is 5.55.